The Morgan fingerprint density at radius 3 is 2.71 bits per heavy atom. The molecular formula is C30H39N7O5. The number of unbranched alkanes of at least 4 members (excludes halogenated alkanes) is 1. The first-order chi connectivity index (χ1) is 20.4. The van der Waals surface area contributed by atoms with Crippen LogP contribution in [0.5, 0.6) is 11.5 Å². The number of aromatic nitrogens is 4. The van der Waals surface area contributed by atoms with E-state index in [2.05, 4.69) is 29.0 Å². The molecule has 2 aliphatic rings. The zero-order chi connectivity index (χ0) is 29.5. The van der Waals surface area contributed by atoms with Crippen LogP contribution >= 0.6 is 0 Å². The second-order valence-electron chi connectivity index (χ2n) is 10.8. The molecule has 1 fully saturated rings. The highest BCUT2D eigenvalue weighted by atomic mass is 16.6. The topological polar surface area (TPSA) is 124 Å². The van der Waals surface area contributed by atoms with Crippen molar-refractivity contribution >= 4 is 17.8 Å². The summed E-state index contributed by atoms with van der Waals surface area (Å²) in [5.41, 5.74) is 1.81. The number of rotatable bonds is 10. The Morgan fingerprint density at radius 2 is 1.95 bits per heavy atom. The van der Waals surface area contributed by atoms with E-state index < -0.39 is 12.1 Å². The van der Waals surface area contributed by atoms with E-state index in [1.807, 2.05) is 37.4 Å². The summed E-state index contributed by atoms with van der Waals surface area (Å²) < 4.78 is 18.6. The lowest BCUT2D eigenvalue weighted by Crippen LogP contribution is -2.57. The van der Waals surface area contributed by atoms with Crippen molar-refractivity contribution in [1.82, 2.24) is 29.7 Å². The fourth-order valence-corrected chi connectivity index (χ4v) is 4.94. The van der Waals surface area contributed by atoms with Crippen molar-refractivity contribution in [3.63, 3.8) is 0 Å². The minimum Gasteiger partial charge on any atom is -0.486 e. The van der Waals surface area contributed by atoms with Gasteiger partial charge in [0.2, 0.25) is 11.9 Å². The largest absolute Gasteiger partial charge is 0.486 e. The Labute approximate surface area is 246 Å². The van der Waals surface area contributed by atoms with Gasteiger partial charge in [-0.3, -0.25) is 9.36 Å². The lowest BCUT2D eigenvalue weighted by molar-refractivity contribution is -0.122. The Bertz CT molecular complexity index is 1360. The number of hydrogen-bond donors (Lipinski definition) is 1. The average Bonchev–Trinajstić information content (AvgIpc) is 3.55. The normalized spacial score (nSPS) is 16.4. The molecule has 42 heavy (non-hydrogen) atoms. The quantitative estimate of drug-likeness (QED) is 0.359. The zero-order valence-electron chi connectivity index (χ0n) is 24.5. The van der Waals surface area contributed by atoms with Gasteiger partial charge in [0.05, 0.1) is 18.3 Å². The summed E-state index contributed by atoms with van der Waals surface area (Å²) in [6, 6.07) is 7.23. The summed E-state index contributed by atoms with van der Waals surface area (Å²) in [6.07, 6.45) is 6.62. The summed E-state index contributed by atoms with van der Waals surface area (Å²) >= 11 is 0. The third kappa shape index (κ3) is 7.10. The molecule has 0 bridgehead atoms. The van der Waals surface area contributed by atoms with E-state index in [0.29, 0.717) is 63.4 Å². The molecule has 12 heteroatoms. The molecule has 0 aliphatic carbocycles. The predicted molar refractivity (Wildman–Crippen MR) is 156 cm³/mol. The van der Waals surface area contributed by atoms with Crippen LogP contribution in [0.2, 0.25) is 0 Å². The lowest BCUT2D eigenvalue weighted by Gasteiger charge is -2.41. The van der Waals surface area contributed by atoms with Crippen molar-refractivity contribution in [2.24, 2.45) is 0 Å². The number of benzene rings is 1. The number of piperazine rings is 1. The molecule has 3 aromatic rings. The third-order valence-electron chi connectivity index (χ3n) is 7.33. The van der Waals surface area contributed by atoms with E-state index in [9.17, 15) is 9.59 Å². The molecule has 0 saturated carbocycles. The SMILES string of the molecule is CCCCOC(=O)N1CCN(c2cc(C(C)C)nc(-n3ccnc3)n2)CC1CC(=O)NCc1ccc2c(c1)OCCO2. The van der Waals surface area contributed by atoms with Crippen molar-refractivity contribution in [1.29, 1.82) is 0 Å². The number of nitrogens with one attached hydrogen (secondary N) is 1. The number of carbonyl (C=O) groups is 2. The molecule has 1 saturated heterocycles. The molecule has 12 nitrogen and oxygen atoms in total. The second kappa shape index (κ2) is 13.5. The molecule has 224 valence electrons. The summed E-state index contributed by atoms with van der Waals surface area (Å²) in [6.45, 7) is 9.33. The first-order valence-corrected chi connectivity index (χ1v) is 14.6. The van der Waals surface area contributed by atoms with E-state index in [0.717, 1.165) is 29.9 Å². The van der Waals surface area contributed by atoms with Crippen LogP contribution in [0.3, 0.4) is 0 Å². The molecule has 2 amide bonds. The Hall–Kier alpha value is -4.35. The monoisotopic (exact) mass is 577 g/mol. The summed E-state index contributed by atoms with van der Waals surface area (Å²) in [4.78, 5) is 43.7. The van der Waals surface area contributed by atoms with Crippen LogP contribution in [0.25, 0.3) is 5.95 Å². The van der Waals surface area contributed by atoms with Crippen LogP contribution in [0.4, 0.5) is 10.6 Å². The number of imidazole rings is 1. The van der Waals surface area contributed by atoms with Crippen LogP contribution < -0.4 is 19.7 Å². The fraction of sp³-hybridized carbons (Fsp3) is 0.500. The first kappa shape index (κ1) is 29.2. The van der Waals surface area contributed by atoms with E-state index >= 15 is 0 Å². The maximum atomic E-state index is 13.2. The number of anilines is 1. The van der Waals surface area contributed by atoms with Crippen LogP contribution in [0.1, 0.15) is 57.2 Å². The van der Waals surface area contributed by atoms with Crippen molar-refractivity contribution in [2.45, 2.75) is 58.5 Å². The summed E-state index contributed by atoms with van der Waals surface area (Å²) in [5, 5.41) is 3.00. The van der Waals surface area contributed by atoms with Gasteiger partial charge in [-0.2, -0.15) is 4.98 Å². The first-order valence-electron chi connectivity index (χ1n) is 14.6. The molecule has 1 unspecified atom stereocenters. The van der Waals surface area contributed by atoms with Gasteiger partial charge >= 0.3 is 6.09 Å². The van der Waals surface area contributed by atoms with E-state index in [1.54, 1.807) is 22.0 Å². The highest BCUT2D eigenvalue weighted by Crippen LogP contribution is 2.31. The molecule has 2 aliphatic heterocycles. The Morgan fingerprint density at radius 1 is 1.12 bits per heavy atom. The van der Waals surface area contributed by atoms with Crippen LogP contribution in [0.15, 0.2) is 43.0 Å². The van der Waals surface area contributed by atoms with Gasteiger partial charge in [-0.1, -0.05) is 33.3 Å². The van der Waals surface area contributed by atoms with Crippen molar-refractivity contribution in [3.05, 3.63) is 54.2 Å². The number of fused-ring (bicyclic) bond motifs is 1. The number of nitrogens with zero attached hydrogens (tertiary/aromatic N) is 6. The number of amides is 2. The standard InChI is InChI=1S/C30H39N7O5/c1-4-5-12-42-30(39)37-11-10-35(27-17-24(21(2)3)33-29(34-27)36-9-8-31-20-36)19-23(37)16-28(38)32-18-22-6-7-25-26(15-22)41-14-13-40-25/h6-9,15,17,20-21,23H,4-5,10-14,16,18-19H2,1-3H3,(H,32,38). The maximum absolute atomic E-state index is 13.2. The van der Waals surface area contributed by atoms with E-state index in [-0.39, 0.29) is 18.2 Å². The van der Waals surface area contributed by atoms with E-state index in [4.69, 9.17) is 24.2 Å². The summed E-state index contributed by atoms with van der Waals surface area (Å²) in [7, 11) is 0. The molecule has 0 radical (unpaired) electrons. The van der Waals surface area contributed by atoms with Gasteiger partial charge in [0.25, 0.3) is 0 Å². The lowest BCUT2D eigenvalue weighted by atomic mass is 10.1. The Kier molecular flexibility index (Phi) is 9.40. The highest BCUT2D eigenvalue weighted by molar-refractivity contribution is 5.78. The molecule has 1 N–H and O–H groups in total. The number of ether oxygens (including phenoxy) is 3. The fourth-order valence-electron chi connectivity index (χ4n) is 4.94. The van der Waals surface area contributed by atoms with Gasteiger partial charge < -0.3 is 29.3 Å². The summed E-state index contributed by atoms with van der Waals surface area (Å²) in [5.74, 6) is 2.69. The number of hydrogen-bond acceptors (Lipinski definition) is 9. The van der Waals surface area contributed by atoms with Gasteiger partial charge in [0.15, 0.2) is 11.5 Å². The average molecular weight is 578 g/mol. The van der Waals surface area contributed by atoms with Crippen LogP contribution in [-0.2, 0) is 16.1 Å². The van der Waals surface area contributed by atoms with Crippen LogP contribution in [-0.4, -0.2) is 81.9 Å². The van der Waals surface area contributed by atoms with Gasteiger partial charge in [-0.25, -0.2) is 14.8 Å². The molecule has 2 aromatic heterocycles. The van der Waals surface area contributed by atoms with Gasteiger partial charge in [0.1, 0.15) is 25.4 Å². The molecular weight excluding hydrogens is 538 g/mol. The smallest absolute Gasteiger partial charge is 0.410 e. The maximum Gasteiger partial charge on any atom is 0.410 e. The van der Waals surface area contributed by atoms with Gasteiger partial charge in [-0.15, -0.1) is 0 Å². The highest BCUT2D eigenvalue weighted by Gasteiger charge is 2.34. The minimum atomic E-state index is -0.401. The van der Waals surface area contributed by atoms with Gasteiger partial charge in [0, 0.05) is 51.1 Å². The molecule has 0 spiro atoms. The molecule has 1 aromatic carbocycles. The minimum absolute atomic E-state index is 0.125. The molecule has 5 rings (SSSR count). The predicted octanol–water partition coefficient (Wildman–Crippen LogP) is 3.69. The van der Waals surface area contributed by atoms with Crippen LogP contribution in [0, 0.1) is 0 Å². The number of carbonyl (C=O) groups excluding carboxylic acids is 2. The van der Waals surface area contributed by atoms with Gasteiger partial charge in [-0.05, 0) is 30.0 Å². The molecule has 4 heterocycles. The van der Waals surface area contributed by atoms with E-state index in [1.165, 1.54) is 0 Å². The van der Waals surface area contributed by atoms with Crippen molar-refractivity contribution in [2.75, 3.05) is 44.4 Å². The molecule has 1 atom stereocenters. The Balaban J connectivity index is 1.31. The third-order valence-corrected chi connectivity index (χ3v) is 7.33. The zero-order valence-corrected chi connectivity index (χ0v) is 24.5. The van der Waals surface area contributed by atoms with Crippen molar-refractivity contribution in [3.8, 4) is 17.4 Å². The second-order valence-corrected chi connectivity index (χ2v) is 10.8. The van der Waals surface area contributed by atoms with Crippen molar-refractivity contribution < 1.29 is 23.8 Å².